The highest BCUT2D eigenvalue weighted by Gasteiger charge is 1.91. The molecule has 0 radical (unpaired) electrons. The lowest BCUT2D eigenvalue weighted by Gasteiger charge is -1.96. The number of hydrogen-bond donors (Lipinski definition) is 0. The summed E-state index contributed by atoms with van der Waals surface area (Å²) in [6, 6.07) is 1.98. The molecular weight excluding hydrogens is 136 g/mol. The fourth-order valence-electron chi connectivity index (χ4n) is 1.02. The maximum Gasteiger partial charge on any atom is 0.115 e. The molecule has 0 aliphatic carbocycles. The van der Waals surface area contributed by atoms with Crippen LogP contribution in [-0.4, -0.2) is 9.97 Å². The molecule has 2 heteroatoms. The van der Waals surface area contributed by atoms with Crippen molar-refractivity contribution in [2.45, 2.75) is 32.6 Å². The Morgan fingerprint density at radius 1 is 1.36 bits per heavy atom. The van der Waals surface area contributed by atoms with Crippen LogP contribution in [0.2, 0.25) is 0 Å². The van der Waals surface area contributed by atoms with E-state index in [1.54, 1.807) is 12.5 Å². The Morgan fingerprint density at radius 2 is 2.27 bits per heavy atom. The van der Waals surface area contributed by atoms with Crippen LogP contribution in [0.1, 0.15) is 31.9 Å². The van der Waals surface area contributed by atoms with Gasteiger partial charge in [-0.3, -0.25) is 0 Å². The van der Waals surface area contributed by atoms with Crippen LogP contribution in [0.15, 0.2) is 18.6 Å². The second kappa shape index (κ2) is 4.83. The fraction of sp³-hybridized carbons (Fsp3) is 0.556. The second-order valence-corrected chi connectivity index (χ2v) is 2.66. The van der Waals surface area contributed by atoms with Crippen molar-refractivity contribution in [3.05, 3.63) is 24.3 Å². The third-order valence-electron chi connectivity index (χ3n) is 1.68. The van der Waals surface area contributed by atoms with E-state index < -0.39 is 0 Å². The highest BCUT2D eigenvalue weighted by atomic mass is 14.8. The molecule has 0 atom stereocenters. The Hall–Kier alpha value is -0.920. The van der Waals surface area contributed by atoms with E-state index in [1.807, 2.05) is 6.07 Å². The van der Waals surface area contributed by atoms with Crippen LogP contribution in [0, 0.1) is 0 Å². The van der Waals surface area contributed by atoms with E-state index in [4.69, 9.17) is 0 Å². The summed E-state index contributed by atoms with van der Waals surface area (Å²) in [5.74, 6) is 0. The smallest absolute Gasteiger partial charge is 0.115 e. The molecule has 0 aliphatic heterocycles. The maximum absolute atomic E-state index is 4.14. The minimum Gasteiger partial charge on any atom is -0.245 e. The fourth-order valence-corrected chi connectivity index (χ4v) is 1.02. The number of rotatable bonds is 4. The number of unbranched alkanes of at least 4 members (excludes halogenated alkanes) is 2. The Bertz CT molecular complexity index is 184. The molecule has 0 amide bonds. The van der Waals surface area contributed by atoms with Gasteiger partial charge >= 0.3 is 0 Å². The average molecular weight is 150 g/mol. The molecule has 0 unspecified atom stereocenters. The third-order valence-corrected chi connectivity index (χ3v) is 1.68. The predicted molar refractivity (Wildman–Crippen MR) is 45.3 cm³/mol. The molecular formula is C9H14N2. The largest absolute Gasteiger partial charge is 0.245 e. The summed E-state index contributed by atoms with van der Waals surface area (Å²) in [6.45, 7) is 2.21. The SMILES string of the molecule is CCCCCc1ccncn1. The van der Waals surface area contributed by atoms with Crippen molar-refractivity contribution in [2.75, 3.05) is 0 Å². The van der Waals surface area contributed by atoms with E-state index in [0.29, 0.717) is 0 Å². The topological polar surface area (TPSA) is 25.8 Å². The summed E-state index contributed by atoms with van der Waals surface area (Å²) in [6.07, 6.45) is 8.31. The third kappa shape index (κ3) is 3.12. The van der Waals surface area contributed by atoms with E-state index in [-0.39, 0.29) is 0 Å². The van der Waals surface area contributed by atoms with Crippen molar-refractivity contribution >= 4 is 0 Å². The van der Waals surface area contributed by atoms with Crippen LogP contribution < -0.4 is 0 Å². The lowest BCUT2D eigenvalue weighted by atomic mass is 10.1. The van der Waals surface area contributed by atoms with Gasteiger partial charge in [-0.15, -0.1) is 0 Å². The minimum atomic E-state index is 1.09. The van der Waals surface area contributed by atoms with Gasteiger partial charge in [-0.05, 0) is 18.9 Å². The van der Waals surface area contributed by atoms with Crippen LogP contribution in [0.4, 0.5) is 0 Å². The van der Waals surface area contributed by atoms with E-state index in [2.05, 4.69) is 16.9 Å². The molecule has 2 nitrogen and oxygen atoms in total. The van der Waals surface area contributed by atoms with Crippen molar-refractivity contribution in [2.24, 2.45) is 0 Å². The van der Waals surface area contributed by atoms with E-state index in [9.17, 15) is 0 Å². The molecule has 60 valence electrons. The van der Waals surface area contributed by atoms with Crippen LogP contribution in [0.25, 0.3) is 0 Å². The minimum absolute atomic E-state index is 1.09. The zero-order valence-corrected chi connectivity index (χ0v) is 6.95. The van der Waals surface area contributed by atoms with Crippen molar-refractivity contribution in [3.8, 4) is 0 Å². The second-order valence-electron chi connectivity index (χ2n) is 2.66. The van der Waals surface area contributed by atoms with Gasteiger partial charge in [-0.2, -0.15) is 0 Å². The molecule has 1 rings (SSSR count). The summed E-state index contributed by atoms with van der Waals surface area (Å²) in [7, 11) is 0. The molecule has 0 saturated heterocycles. The molecule has 0 saturated carbocycles. The highest BCUT2D eigenvalue weighted by Crippen LogP contribution is 2.01. The van der Waals surface area contributed by atoms with Crippen LogP contribution in [0.5, 0.6) is 0 Å². The summed E-state index contributed by atoms with van der Waals surface area (Å²) in [4.78, 5) is 8.00. The summed E-state index contributed by atoms with van der Waals surface area (Å²) in [5.41, 5.74) is 1.16. The van der Waals surface area contributed by atoms with Gasteiger partial charge in [0, 0.05) is 11.9 Å². The van der Waals surface area contributed by atoms with Gasteiger partial charge in [0.1, 0.15) is 6.33 Å². The molecule has 11 heavy (non-hydrogen) atoms. The zero-order chi connectivity index (χ0) is 7.94. The number of aromatic nitrogens is 2. The van der Waals surface area contributed by atoms with Gasteiger partial charge in [0.2, 0.25) is 0 Å². The van der Waals surface area contributed by atoms with Gasteiger partial charge in [0.05, 0.1) is 0 Å². The molecule has 0 fully saturated rings. The molecule has 0 aromatic carbocycles. The molecule has 0 N–H and O–H groups in total. The standard InChI is InChI=1S/C9H14N2/c1-2-3-4-5-9-6-7-10-8-11-9/h6-8H,2-5H2,1H3. The molecule has 0 aliphatic rings. The van der Waals surface area contributed by atoms with Crippen LogP contribution in [0.3, 0.4) is 0 Å². The molecule has 0 bridgehead atoms. The van der Waals surface area contributed by atoms with Crippen LogP contribution >= 0.6 is 0 Å². The average Bonchev–Trinajstić information content (AvgIpc) is 2.07. The number of nitrogens with zero attached hydrogens (tertiary/aromatic N) is 2. The predicted octanol–water partition coefficient (Wildman–Crippen LogP) is 2.21. The first-order valence-corrected chi connectivity index (χ1v) is 4.18. The summed E-state index contributed by atoms with van der Waals surface area (Å²) >= 11 is 0. The quantitative estimate of drug-likeness (QED) is 0.615. The van der Waals surface area contributed by atoms with Gasteiger partial charge in [-0.25, -0.2) is 9.97 Å². The number of hydrogen-bond acceptors (Lipinski definition) is 2. The number of aryl methyl sites for hydroxylation is 1. The first kappa shape index (κ1) is 8.18. The van der Waals surface area contributed by atoms with Gasteiger partial charge in [-0.1, -0.05) is 19.8 Å². The normalized spacial score (nSPS) is 9.91. The van der Waals surface area contributed by atoms with Crippen molar-refractivity contribution in [1.82, 2.24) is 9.97 Å². The monoisotopic (exact) mass is 150 g/mol. The molecule has 1 heterocycles. The molecule has 1 aromatic heterocycles. The molecule has 0 spiro atoms. The Morgan fingerprint density at radius 3 is 2.91 bits per heavy atom. The van der Waals surface area contributed by atoms with Crippen molar-refractivity contribution < 1.29 is 0 Å². The van der Waals surface area contributed by atoms with Crippen LogP contribution in [-0.2, 0) is 6.42 Å². The lowest BCUT2D eigenvalue weighted by Crippen LogP contribution is -1.89. The van der Waals surface area contributed by atoms with E-state index in [1.165, 1.54) is 19.3 Å². The first-order valence-electron chi connectivity index (χ1n) is 4.18. The first-order chi connectivity index (χ1) is 5.43. The Balaban J connectivity index is 2.28. The Labute approximate surface area is 67.7 Å². The van der Waals surface area contributed by atoms with E-state index in [0.717, 1.165) is 12.1 Å². The van der Waals surface area contributed by atoms with Crippen molar-refractivity contribution in [3.63, 3.8) is 0 Å². The van der Waals surface area contributed by atoms with Gasteiger partial charge in [0.25, 0.3) is 0 Å². The maximum atomic E-state index is 4.14. The van der Waals surface area contributed by atoms with Crippen molar-refractivity contribution in [1.29, 1.82) is 0 Å². The van der Waals surface area contributed by atoms with Gasteiger partial charge in [0.15, 0.2) is 0 Å². The lowest BCUT2D eigenvalue weighted by molar-refractivity contribution is 0.706. The highest BCUT2D eigenvalue weighted by molar-refractivity contribution is 4.97. The summed E-state index contributed by atoms with van der Waals surface area (Å²) in [5, 5.41) is 0. The van der Waals surface area contributed by atoms with E-state index >= 15 is 0 Å². The van der Waals surface area contributed by atoms with Gasteiger partial charge < -0.3 is 0 Å². The summed E-state index contributed by atoms with van der Waals surface area (Å²) < 4.78 is 0. The molecule has 1 aromatic rings. The zero-order valence-electron chi connectivity index (χ0n) is 6.95. The Kier molecular flexibility index (Phi) is 3.59.